The summed E-state index contributed by atoms with van der Waals surface area (Å²) in [5, 5.41) is 22.6. The number of halogens is 1. The van der Waals surface area contributed by atoms with Gasteiger partial charge >= 0.3 is 0 Å². The smallest absolute Gasteiger partial charge is 0.146 e. The van der Waals surface area contributed by atoms with Gasteiger partial charge in [-0.05, 0) is 24.3 Å². The Kier molecular flexibility index (Phi) is 5.75. The zero-order valence-corrected chi connectivity index (χ0v) is 17.2. The van der Waals surface area contributed by atoms with Crippen molar-refractivity contribution in [1.82, 2.24) is 9.97 Å². The highest BCUT2D eigenvalue weighted by Gasteiger charge is 2.33. The summed E-state index contributed by atoms with van der Waals surface area (Å²) in [7, 11) is 0. The van der Waals surface area contributed by atoms with Gasteiger partial charge in [0.1, 0.15) is 15.8 Å². The molecule has 1 aliphatic rings. The first kappa shape index (κ1) is 19.5. The predicted molar refractivity (Wildman–Crippen MR) is 111 cm³/mol. The molecule has 0 spiro atoms. The summed E-state index contributed by atoms with van der Waals surface area (Å²) in [5.74, 6) is 0.203. The highest BCUT2D eigenvalue weighted by molar-refractivity contribution is 7.16. The van der Waals surface area contributed by atoms with E-state index >= 15 is 0 Å². The van der Waals surface area contributed by atoms with E-state index in [9.17, 15) is 15.0 Å². The molecule has 9 heteroatoms. The van der Waals surface area contributed by atoms with E-state index < -0.39 is 0 Å². The van der Waals surface area contributed by atoms with E-state index in [2.05, 4.69) is 14.9 Å². The number of hydrogen-bond donors (Lipinski definition) is 2. The average molecular weight is 436 g/mol. The van der Waals surface area contributed by atoms with E-state index in [4.69, 9.17) is 11.6 Å². The Morgan fingerprint density at radius 1 is 1.14 bits per heavy atom. The minimum atomic E-state index is -0.208. The van der Waals surface area contributed by atoms with Crippen molar-refractivity contribution in [3.05, 3.63) is 50.4 Å². The summed E-state index contributed by atoms with van der Waals surface area (Å²) in [6.45, 7) is 1.04. The predicted octanol–water partition coefficient (Wildman–Crippen LogP) is 3.15. The largest absolute Gasteiger partial charge is 0.390 e. The van der Waals surface area contributed by atoms with Crippen LogP contribution in [0.5, 0.6) is 0 Å². The van der Waals surface area contributed by atoms with Crippen LogP contribution in [0.4, 0.5) is 5.69 Å². The van der Waals surface area contributed by atoms with Crippen LogP contribution >= 0.6 is 34.3 Å². The topological polar surface area (TPSA) is 86.5 Å². The van der Waals surface area contributed by atoms with Crippen molar-refractivity contribution >= 4 is 45.7 Å². The molecule has 1 aliphatic heterocycles. The number of aromatic nitrogens is 2. The molecule has 0 atom stereocenters. The van der Waals surface area contributed by atoms with Gasteiger partial charge in [-0.3, -0.25) is 4.79 Å². The maximum atomic E-state index is 12.6. The zero-order chi connectivity index (χ0) is 19.7. The van der Waals surface area contributed by atoms with Crippen LogP contribution in [0.2, 0.25) is 5.02 Å². The molecule has 1 fully saturated rings. The molecule has 4 rings (SSSR count). The minimum absolute atomic E-state index is 0.0143. The first-order valence-corrected chi connectivity index (χ1v) is 10.8. The number of Topliss-reactive ketones (excluding diaryl/α,β-unsaturated/α-hetero) is 1. The number of aliphatic hydroxyl groups is 2. The van der Waals surface area contributed by atoms with Gasteiger partial charge in [0.2, 0.25) is 0 Å². The summed E-state index contributed by atoms with van der Waals surface area (Å²) in [6.07, 6.45) is 0.309. The van der Waals surface area contributed by atoms with Crippen molar-refractivity contribution in [3.8, 4) is 10.6 Å². The van der Waals surface area contributed by atoms with Gasteiger partial charge in [0, 0.05) is 29.2 Å². The van der Waals surface area contributed by atoms with E-state index in [0.717, 1.165) is 15.6 Å². The molecule has 0 saturated carbocycles. The lowest BCUT2D eigenvalue weighted by Crippen LogP contribution is -2.50. The van der Waals surface area contributed by atoms with Gasteiger partial charge < -0.3 is 15.1 Å². The Balaban J connectivity index is 1.37. The second-order valence-corrected chi connectivity index (χ2v) is 9.01. The number of aliphatic hydroxyl groups excluding tert-OH is 2. The molecule has 2 aromatic heterocycles. The van der Waals surface area contributed by atoms with Crippen LogP contribution in [0.15, 0.2) is 29.6 Å². The Morgan fingerprint density at radius 3 is 2.57 bits per heavy atom. The number of rotatable bonds is 7. The van der Waals surface area contributed by atoms with Crippen molar-refractivity contribution in [2.75, 3.05) is 18.0 Å². The molecule has 2 N–H and O–H groups in total. The maximum Gasteiger partial charge on any atom is 0.146 e. The van der Waals surface area contributed by atoms with E-state index in [1.165, 1.54) is 22.7 Å². The van der Waals surface area contributed by atoms with Crippen molar-refractivity contribution < 1.29 is 15.0 Å². The first-order valence-electron chi connectivity index (χ1n) is 8.75. The Hall–Kier alpha value is -1.84. The van der Waals surface area contributed by atoms with E-state index in [0.29, 0.717) is 40.9 Å². The summed E-state index contributed by atoms with van der Waals surface area (Å²) >= 11 is 8.66. The molecule has 146 valence electrons. The normalized spacial score (nSPS) is 14.3. The van der Waals surface area contributed by atoms with E-state index in [1.54, 1.807) is 0 Å². The van der Waals surface area contributed by atoms with Gasteiger partial charge in [-0.1, -0.05) is 11.6 Å². The number of hydrogen-bond acceptors (Lipinski definition) is 8. The number of carbonyl (C=O) groups excluding carboxylic acids is 1. The standard InChI is InChI=1S/C19H18ClN3O3S2/c20-12-1-3-13(4-2-12)23-6-11(7-23)16(26)5-17-22-15(10-27-17)19-14(8-24)21-18(9-25)28-19/h1-4,10-11,24-25H,5-9H2. The number of nitrogens with zero attached hydrogens (tertiary/aromatic N) is 3. The van der Waals surface area contributed by atoms with Crippen LogP contribution in [0.3, 0.4) is 0 Å². The lowest BCUT2D eigenvalue weighted by Gasteiger charge is -2.40. The van der Waals surface area contributed by atoms with Crippen LogP contribution in [0.1, 0.15) is 15.7 Å². The van der Waals surface area contributed by atoms with Crippen LogP contribution in [-0.4, -0.2) is 39.1 Å². The van der Waals surface area contributed by atoms with Gasteiger partial charge in [0.15, 0.2) is 0 Å². The molecule has 28 heavy (non-hydrogen) atoms. The number of benzene rings is 1. The van der Waals surface area contributed by atoms with Crippen LogP contribution in [0, 0.1) is 5.92 Å². The van der Waals surface area contributed by atoms with Crippen molar-refractivity contribution in [3.63, 3.8) is 0 Å². The fraction of sp³-hybridized carbons (Fsp3) is 0.316. The number of anilines is 1. The molecule has 6 nitrogen and oxygen atoms in total. The maximum absolute atomic E-state index is 12.6. The molecule has 0 aliphatic carbocycles. The number of carbonyl (C=O) groups is 1. The molecule has 3 aromatic rings. The van der Waals surface area contributed by atoms with E-state index in [1.807, 2.05) is 29.6 Å². The minimum Gasteiger partial charge on any atom is -0.390 e. The average Bonchev–Trinajstić information content (AvgIpc) is 3.28. The van der Waals surface area contributed by atoms with Crippen LogP contribution in [0.25, 0.3) is 10.6 Å². The van der Waals surface area contributed by atoms with Crippen molar-refractivity contribution in [2.45, 2.75) is 19.6 Å². The molecule has 0 unspecified atom stereocenters. The Bertz CT molecular complexity index is 981. The monoisotopic (exact) mass is 435 g/mol. The van der Waals surface area contributed by atoms with Crippen LogP contribution in [-0.2, 0) is 24.4 Å². The summed E-state index contributed by atoms with van der Waals surface area (Å²) in [5.41, 5.74) is 2.28. The summed E-state index contributed by atoms with van der Waals surface area (Å²) < 4.78 is 0. The number of thiazole rings is 2. The van der Waals surface area contributed by atoms with Crippen LogP contribution < -0.4 is 4.90 Å². The molecular weight excluding hydrogens is 418 g/mol. The third-order valence-electron chi connectivity index (χ3n) is 4.67. The van der Waals surface area contributed by atoms with Gasteiger partial charge in [-0.2, -0.15) is 0 Å². The quantitative estimate of drug-likeness (QED) is 0.592. The van der Waals surface area contributed by atoms with Gasteiger partial charge in [0.05, 0.1) is 41.8 Å². The number of ketones is 1. The van der Waals surface area contributed by atoms with Crippen molar-refractivity contribution in [1.29, 1.82) is 0 Å². The highest BCUT2D eigenvalue weighted by Crippen LogP contribution is 2.32. The first-order chi connectivity index (χ1) is 13.6. The zero-order valence-electron chi connectivity index (χ0n) is 14.8. The SMILES string of the molecule is O=C(Cc1nc(-c2sc(CO)nc2CO)cs1)C1CN(c2ccc(Cl)cc2)C1. The van der Waals surface area contributed by atoms with Crippen molar-refractivity contribution in [2.24, 2.45) is 5.92 Å². The summed E-state index contributed by atoms with van der Waals surface area (Å²) in [6, 6.07) is 7.63. The fourth-order valence-electron chi connectivity index (χ4n) is 3.11. The third-order valence-corrected chi connectivity index (χ3v) is 6.87. The third kappa shape index (κ3) is 3.97. The molecule has 0 amide bonds. The molecular formula is C19H18ClN3O3S2. The summed E-state index contributed by atoms with van der Waals surface area (Å²) in [4.78, 5) is 24.2. The van der Waals surface area contributed by atoms with Gasteiger partial charge in [-0.25, -0.2) is 9.97 Å². The lowest BCUT2D eigenvalue weighted by molar-refractivity contribution is -0.122. The van der Waals surface area contributed by atoms with Gasteiger partial charge in [-0.15, -0.1) is 22.7 Å². The molecule has 1 saturated heterocycles. The second-order valence-electron chi connectivity index (χ2n) is 6.55. The van der Waals surface area contributed by atoms with E-state index in [-0.39, 0.29) is 24.9 Å². The molecule has 1 aromatic carbocycles. The highest BCUT2D eigenvalue weighted by atomic mass is 35.5. The Morgan fingerprint density at radius 2 is 1.89 bits per heavy atom. The lowest BCUT2D eigenvalue weighted by atomic mass is 9.93. The Labute approximate surface area is 175 Å². The second kappa shape index (κ2) is 8.26. The molecule has 0 radical (unpaired) electrons. The molecule has 0 bridgehead atoms. The molecule has 3 heterocycles. The fourth-order valence-corrected chi connectivity index (χ4v) is 5.00. The van der Waals surface area contributed by atoms with Gasteiger partial charge in [0.25, 0.3) is 0 Å².